The van der Waals surface area contributed by atoms with Gasteiger partial charge in [0.2, 0.25) is 0 Å². The van der Waals surface area contributed by atoms with E-state index in [1.807, 2.05) is 0 Å². The van der Waals surface area contributed by atoms with Crippen molar-refractivity contribution in [2.24, 2.45) is 0 Å². The van der Waals surface area contributed by atoms with Crippen LogP contribution in [0, 0.1) is 6.92 Å². The number of hydrogen-bond acceptors (Lipinski definition) is 4. The molecule has 0 aliphatic rings. The van der Waals surface area contributed by atoms with Crippen LogP contribution in [0.1, 0.15) is 26.4 Å². The van der Waals surface area contributed by atoms with Gasteiger partial charge >= 0.3 is 18.3 Å². The van der Waals surface area contributed by atoms with Crippen LogP contribution in [-0.2, 0) is 17.1 Å². The summed E-state index contributed by atoms with van der Waals surface area (Å²) < 4.78 is 83.6. The molecule has 12 heteroatoms. The van der Waals surface area contributed by atoms with E-state index in [9.17, 15) is 31.1 Å². The Morgan fingerprint density at radius 3 is 2.00 bits per heavy atom. The Kier molecular flexibility index (Phi) is 7.22. The zero-order valence-electron chi connectivity index (χ0n) is 17.5. The minimum Gasteiger partial charge on any atom is -0.465 e. The van der Waals surface area contributed by atoms with E-state index in [4.69, 9.17) is 17.0 Å². The Morgan fingerprint density at radius 2 is 1.50 bits per heavy atom. The van der Waals surface area contributed by atoms with Crippen molar-refractivity contribution in [1.82, 2.24) is 0 Å². The summed E-state index contributed by atoms with van der Waals surface area (Å²) in [6.45, 7) is 1.75. The van der Waals surface area contributed by atoms with E-state index in [2.05, 4.69) is 10.6 Å². The first-order chi connectivity index (χ1) is 15.8. The maximum atomic E-state index is 13.1. The molecule has 0 atom stereocenters. The first kappa shape index (κ1) is 25.5. The van der Waals surface area contributed by atoms with Crippen molar-refractivity contribution in [3.8, 4) is 11.1 Å². The lowest BCUT2D eigenvalue weighted by Gasteiger charge is -2.16. The summed E-state index contributed by atoms with van der Waals surface area (Å²) in [6.07, 6.45) is -10.00. The van der Waals surface area contributed by atoms with E-state index in [0.29, 0.717) is 17.7 Å². The molecule has 3 rings (SSSR count). The molecule has 180 valence electrons. The van der Waals surface area contributed by atoms with E-state index < -0.39 is 35.1 Å². The molecule has 0 spiro atoms. The molecule has 0 aliphatic carbocycles. The number of methoxy groups -OCH3 is 1. The molecule has 34 heavy (non-hydrogen) atoms. The minimum atomic E-state index is -5.00. The van der Waals surface area contributed by atoms with Gasteiger partial charge in [0.25, 0.3) is 0 Å². The molecule has 1 aromatic heterocycles. The van der Waals surface area contributed by atoms with E-state index >= 15 is 0 Å². The molecule has 4 nitrogen and oxygen atoms in total. The zero-order valence-corrected chi connectivity index (χ0v) is 19.2. The van der Waals surface area contributed by atoms with Crippen LogP contribution >= 0.6 is 23.6 Å². The second-order valence-corrected chi connectivity index (χ2v) is 8.60. The summed E-state index contributed by atoms with van der Waals surface area (Å²) in [5.41, 5.74) is -2.06. The molecular formula is C22H16F6N2O2S2. The monoisotopic (exact) mass is 518 g/mol. The quantitative estimate of drug-likeness (QED) is 0.215. The number of hydrogen-bond donors (Lipinski definition) is 2. The van der Waals surface area contributed by atoms with Gasteiger partial charge in [-0.15, -0.1) is 11.3 Å². The van der Waals surface area contributed by atoms with Gasteiger partial charge in [-0.3, -0.25) is 0 Å². The van der Waals surface area contributed by atoms with Crippen LogP contribution in [0.15, 0.2) is 48.5 Å². The zero-order chi connectivity index (χ0) is 25.3. The highest BCUT2D eigenvalue weighted by Gasteiger charge is 2.37. The number of thiocarbonyl (C=S) groups is 1. The lowest BCUT2D eigenvalue weighted by molar-refractivity contribution is -0.143. The third-order valence-corrected chi connectivity index (χ3v) is 5.83. The molecule has 0 amide bonds. The maximum absolute atomic E-state index is 13.1. The van der Waals surface area contributed by atoms with Gasteiger partial charge in [-0.25, -0.2) is 4.79 Å². The van der Waals surface area contributed by atoms with Crippen LogP contribution in [0.5, 0.6) is 0 Å². The number of alkyl halides is 6. The number of halogens is 6. The van der Waals surface area contributed by atoms with Crippen LogP contribution in [0.3, 0.4) is 0 Å². The summed E-state index contributed by atoms with van der Waals surface area (Å²) in [4.78, 5) is 13.2. The van der Waals surface area contributed by atoms with Gasteiger partial charge in [-0.05, 0) is 42.9 Å². The van der Waals surface area contributed by atoms with E-state index in [-0.39, 0.29) is 21.7 Å². The molecular weight excluding hydrogens is 502 g/mol. The highest BCUT2D eigenvalue weighted by atomic mass is 32.1. The number of esters is 1. The fraction of sp³-hybridized carbons (Fsp3) is 0.182. The van der Waals surface area contributed by atoms with Crippen LogP contribution in [0.25, 0.3) is 11.1 Å². The summed E-state index contributed by atoms with van der Waals surface area (Å²) in [5, 5.41) is 4.96. The third kappa shape index (κ3) is 5.68. The minimum absolute atomic E-state index is 0.0196. The fourth-order valence-corrected chi connectivity index (χ4v) is 4.53. The van der Waals surface area contributed by atoms with Crippen LogP contribution in [-0.4, -0.2) is 18.2 Å². The van der Waals surface area contributed by atoms with Crippen molar-refractivity contribution in [3.05, 3.63) is 70.1 Å². The van der Waals surface area contributed by atoms with Gasteiger partial charge in [0.15, 0.2) is 5.11 Å². The standard InChI is InChI=1S/C22H16F6N2O2S2/c1-11-16(12-6-4-3-5-7-12)17(19(31)32-2)18(34-11)30-20(33)29-15-9-13(21(23,24)25)8-14(10-15)22(26,27)28/h3-10H,1-2H3,(H2,29,30,33). The van der Waals surface area contributed by atoms with Crippen LogP contribution in [0.2, 0.25) is 0 Å². The van der Waals surface area contributed by atoms with Crippen LogP contribution < -0.4 is 10.6 Å². The fourth-order valence-electron chi connectivity index (χ4n) is 3.17. The lowest BCUT2D eigenvalue weighted by atomic mass is 10.0. The van der Waals surface area contributed by atoms with Gasteiger partial charge in [-0.1, -0.05) is 30.3 Å². The SMILES string of the molecule is COC(=O)c1c(NC(=S)Nc2cc(C(F)(F)F)cc(C(F)(F)F)c2)sc(C)c1-c1ccccc1. The molecule has 2 N–H and O–H groups in total. The molecule has 0 fully saturated rings. The Morgan fingerprint density at radius 1 is 0.941 bits per heavy atom. The van der Waals surface area contributed by atoms with E-state index in [1.165, 1.54) is 7.11 Å². The van der Waals surface area contributed by atoms with Crippen molar-refractivity contribution in [2.75, 3.05) is 17.7 Å². The summed E-state index contributed by atoms with van der Waals surface area (Å²) in [6, 6.07) is 9.96. The first-order valence-corrected chi connectivity index (χ1v) is 10.7. The molecule has 0 bridgehead atoms. The number of anilines is 2. The normalized spacial score (nSPS) is 11.8. The average Bonchev–Trinajstić information content (AvgIpc) is 3.07. The Hall–Kier alpha value is -3.12. The van der Waals surface area contributed by atoms with Crippen molar-refractivity contribution < 1.29 is 35.9 Å². The second kappa shape index (κ2) is 9.63. The number of benzene rings is 2. The van der Waals surface area contributed by atoms with Crippen LogP contribution in [0.4, 0.5) is 37.0 Å². The second-order valence-electron chi connectivity index (χ2n) is 6.97. The van der Waals surface area contributed by atoms with E-state index in [1.54, 1.807) is 37.3 Å². The number of nitrogens with one attached hydrogen (secondary N) is 2. The van der Waals surface area contributed by atoms with E-state index in [0.717, 1.165) is 21.8 Å². The summed E-state index contributed by atoms with van der Waals surface area (Å²) >= 11 is 6.25. The first-order valence-electron chi connectivity index (χ1n) is 9.46. The molecule has 0 saturated carbocycles. The van der Waals surface area contributed by atoms with Gasteiger partial charge in [0, 0.05) is 16.1 Å². The highest BCUT2D eigenvalue weighted by molar-refractivity contribution is 7.80. The van der Waals surface area contributed by atoms with Crippen molar-refractivity contribution in [2.45, 2.75) is 19.3 Å². The highest BCUT2D eigenvalue weighted by Crippen LogP contribution is 2.41. The predicted octanol–water partition coefficient (Wildman–Crippen LogP) is 7.36. The summed E-state index contributed by atoms with van der Waals surface area (Å²) in [7, 11) is 1.19. The topological polar surface area (TPSA) is 50.4 Å². The smallest absolute Gasteiger partial charge is 0.416 e. The van der Waals surface area contributed by atoms with Crippen molar-refractivity contribution in [3.63, 3.8) is 0 Å². The van der Waals surface area contributed by atoms with Crippen molar-refractivity contribution >= 4 is 45.3 Å². The molecule has 0 aliphatic heterocycles. The third-order valence-electron chi connectivity index (χ3n) is 4.61. The van der Waals surface area contributed by atoms with Gasteiger partial charge in [0.1, 0.15) is 10.6 Å². The molecule has 0 unspecified atom stereocenters. The number of carbonyl (C=O) groups is 1. The van der Waals surface area contributed by atoms with Gasteiger partial charge in [-0.2, -0.15) is 26.3 Å². The number of ether oxygens (including phenoxy) is 1. The molecule has 0 radical (unpaired) electrons. The number of aryl methyl sites for hydroxylation is 1. The lowest BCUT2D eigenvalue weighted by Crippen LogP contribution is -2.21. The number of thiophene rings is 1. The molecule has 2 aromatic carbocycles. The molecule has 0 saturated heterocycles. The average molecular weight is 519 g/mol. The Labute approximate surface area is 199 Å². The number of rotatable bonds is 4. The van der Waals surface area contributed by atoms with Gasteiger partial charge < -0.3 is 15.4 Å². The largest absolute Gasteiger partial charge is 0.465 e. The predicted molar refractivity (Wildman–Crippen MR) is 122 cm³/mol. The maximum Gasteiger partial charge on any atom is 0.416 e. The number of carbonyl (C=O) groups excluding carboxylic acids is 1. The Balaban J connectivity index is 1.96. The Bertz CT molecular complexity index is 1190. The summed E-state index contributed by atoms with van der Waals surface area (Å²) in [5.74, 6) is -0.688. The molecule has 3 aromatic rings. The van der Waals surface area contributed by atoms with Crippen molar-refractivity contribution in [1.29, 1.82) is 0 Å². The van der Waals surface area contributed by atoms with Gasteiger partial charge in [0.05, 0.1) is 18.2 Å². The molecule has 1 heterocycles.